The fourth-order valence-corrected chi connectivity index (χ4v) is 3.28. The van der Waals surface area contributed by atoms with Gasteiger partial charge < -0.3 is 19.7 Å². The topological polar surface area (TPSA) is 46.6 Å². The molecule has 0 saturated heterocycles. The molecule has 1 aromatic heterocycles. The zero-order valence-electron chi connectivity index (χ0n) is 17.6. The smallest absolute Gasteiger partial charge is 0.133 e. The number of methoxy groups -OCH3 is 2. The number of hydrogen-bond acceptors (Lipinski definition) is 5. The first kappa shape index (κ1) is 20.7. The molecule has 1 N–H and O–H groups in total. The van der Waals surface area contributed by atoms with Gasteiger partial charge in [0.1, 0.15) is 17.3 Å². The van der Waals surface area contributed by atoms with Crippen LogP contribution < -0.4 is 19.7 Å². The Labute approximate surface area is 173 Å². The van der Waals surface area contributed by atoms with Gasteiger partial charge in [-0.25, -0.2) is 4.98 Å². The van der Waals surface area contributed by atoms with Crippen LogP contribution in [0.3, 0.4) is 0 Å². The standard InChI is InChI=1S/C24H29N3O2/c1-18(25-2)23-6-5-15-26-24(23)27(16-19-7-11-21(28-3)12-8-19)17-20-9-13-22(29-4)14-10-20/h5-15,18,25H,16-17H2,1-4H3. The van der Waals surface area contributed by atoms with Crippen molar-refractivity contribution in [2.24, 2.45) is 0 Å². The van der Waals surface area contributed by atoms with Crippen molar-refractivity contribution in [2.45, 2.75) is 26.1 Å². The summed E-state index contributed by atoms with van der Waals surface area (Å²) in [4.78, 5) is 7.06. The Kier molecular flexibility index (Phi) is 7.09. The van der Waals surface area contributed by atoms with Crippen molar-refractivity contribution in [1.82, 2.24) is 10.3 Å². The van der Waals surface area contributed by atoms with Gasteiger partial charge in [0.25, 0.3) is 0 Å². The van der Waals surface area contributed by atoms with Crippen LogP contribution in [0.2, 0.25) is 0 Å². The van der Waals surface area contributed by atoms with Gasteiger partial charge in [-0.2, -0.15) is 0 Å². The minimum Gasteiger partial charge on any atom is -0.497 e. The molecule has 0 saturated carbocycles. The van der Waals surface area contributed by atoms with Gasteiger partial charge in [0.05, 0.1) is 14.2 Å². The van der Waals surface area contributed by atoms with Gasteiger partial charge in [-0.15, -0.1) is 0 Å². The monoisotopic (exact) mass is 391 g/mol. The predicted octanol–water partition coefficient (Wildman–Crippen LogP) is 4.59. The van der Waals surface area contributed by atoms with Crippen molar-refractivity contribution in [3.63, 3.8) is 0 Å². The van der Waals surface area contributed by atoms with Crippen LogP contribution in [0.15, 0.2) is 66.9 Å². The highest BCUT2D eigenvalue weighted by Gasteiger charge is 2.17. The minimum atomic E-state index is 0.202. The van der Waals surface area contributed by atoms with E-state index >= 15 is 0 Å². The van der Waals surface area contributed by atoms with Crippen LogP contribution in [0, 0.1) is 0 Å². The van der Waals surface area contributed by atoms with E-state index in [1.165, 1.54) is 16.7 Å². The lowest BCUT2D eigenvalue weighted by Crippen LogP contribution is -2.26. The van der Waals surface area contributed by atoms with Crippen LogP contribution in [0.25, 0.3) is 0 Å². The maximum Gasteiger partial charge on any atom is 0.133 e. The number of benzene rings is 2. The van der Waals surface area contributed by atoms with Crippen LogP contribution in [0.5, 0.6) is 11.5 Å². The first-order chi connectivity index (χ1) is 14.1. The highest BCUT2D eigenvalue weighted by molar-refractivity contribution is 5.50. The zero-order valence-corrected chi connectivity index (χ0v) is 17.6. The normalized spacial score (nSPS) is 11.7. The highest BCUT2D eigenvalue weighted by atomic mass is 16.5. The molecule has 2 aromatic carbocycles. The molecule has 0 fully saturated rings. The first-order valence-corrected chi connectivity index (χ1v) is 9.77. The van der Waals surface area contributed by atoms with Crippen molar-refractivity contribution in [2.75, 3.05) is 26.2 Å². The van der Waals surface area contributed by atoms with Gasteiger partial charge in [0.2, 0.25) is 0 Å². The maximum atomic E-state index is 5.30. The fourth-order valence-electron chi connectivity index (χ4n) is 3.28. The molecule has 1 atom stereocenters. The minimum absolute atomic E-state index is 0.202. The summed E-state index contributed by atoms with van der Waals surface area (Å²) in [7, 11) is 5.34. The zero-order chi connectivity index (χ0) is 20.6. The molecule has 0 radical (unpaired) electrons. The molecular formula is C24H29N3O2. The number of ether oxygens (including phenoxy) is 2. The predicted molar refractivity (Wildman–Crippen MR) is 118 cm³/mol. The van der Waals surface area contributed by atoms with Gasteiger partial charge in [-0.3, -0.25) is 0 Å². The average Bonchev–Trinajstić information content (AvgIpc) is 2.79. The van der Waals surface area contributed by atoms with E-state index in [2.05, 4.69) is 47.5 Å². The molecule has 0 bridgehead atoms. The third-order valence-corrected chi connectivity index (χ3v) is 5.08. The van der Waals surface area contributed by atoms with E-state index in [9.17, 15) is 0 Å². The van der Waals surface area contributed by atoms with Gasteiger partial charge >= 0.3 is 0 Å². The second kappa shape index (κ2) is 9.94. The molecule has 152 valence electrons. The van der Waals surface area contributed by atoms with Crippen LogP contribution in [0.1, 0.15) is 29.7 Å². The number of anilines is 1. The molecule has 5 nitrogen and oxygen atoms in total. The number of nitrogens with one attached hydrogen (secondary N) is 1. The molecule has 3 aromatic rings. The summed E-state index contributed by atoms with van der Waals surface area (Å²) in [5.74, 6) is 2.71. The largest absolute Gasteiger partial charge is 0.497 e. The van der Waals surface area contributed by atoms with E-state index in [-0.39, 0.29) is 6.04 Å². The summed E-state index contributed by atoms with van der Waals surface area (Å²) < 4.78 is 10.6. The maximum absolute atomic E-state index is 5.30. The lowest BCUT2D eigenvalue weighted by molar-refractivity contribution is 0.414. The lowest BCUT2D eigenvalue weighted by Gasteiger charge is -2.28. The molecule has 0 spiro atoms. The average molecular weight is 392 g/mol. The second-order valence-electron chi connectivity index (χ2n) is 6.98. The number of nitrogens with zero attached hydrogens (tertiary/aromatic N) is 2. The van der Waals surface area contributed by atoms with E-state index in [1.807, 2.05) is 43.6 Å². The molecule has 1 heterocycles. The van der Waals surface area contributed by atoms with Crippen molar-refractivity contribution < 1.29 is 9.47 Å². The number of rotatable bonds is 9. The number of hydrogen-bond donors (Lipinski definition) is 1. The van der Waals surface area contributed by atoms with E-state index in [4.69, 9.17) is 14.5 Å². The molecule has 0 aliphatic rings. The van der Waals surface area contributed by atoms with Crippen LogP contribution >= 0.6 is 0 Å². The van der Waals surface area contributed by atoms with Crippen molar-refractivity contribution in [3.8, 4) is 11.5 Å². The van der Waals surface area contributed by atoms with Gasteiger partial charge in [-0.1, -0.05) is 30.3 Å². The highest BCUT2D eigenvalue weighted by Crippen LogP contribution is 2.27. The molecule has 29 heavy (non-hydrogen) atoms. The van der Waals surface area contributed by atoms with Crippen LogP contribution in [-0.2, 0) is 13.1 Å². The Morgan fingerprint density at radius 1 is 0.862 bits per heavy atom. The third-order valence-electron chi connectivity index (χ3n) is 5.08. The van der Waals surface area contributed by atoms with E-state index in [0.717, 1.165) is 30.4 Å². The Bertz CT molecular complexity index is 845. The molecular weight excluding hydrogens is 362 g/mol. The molecule has 1 unspecified atom stereocenters. The number of aromatic nitrogens is 1. The quantitative estimate of drug-likeness (QED) is 0.578. The van der Waals surface area contributed by atoms with Crippen molar-refractivity contribution in [1.29, 1.82) is 0 Å². The molecule has 5 heteroatoms. The van der Waals surface area contributed by atoms with E-state index in [1.54, 1.807) is 14.2 Å². The summed E-state index contributed by atoms with van der Waals surface area (Å²) in [5, 5.41) is 3.33. The van der Waals surface area contributed by atoms with Gasteiger partial charge in [-0.05, 0) is 55.4 Å². The summed E-state index contributed by atoms with van der Waals surface area (Å²) in [5.41, 5.74) is 3.58. The summed E-state index contributed by atoms with van der Waals surface area (Å²) in [6.07, 6.45) is 1.86. The molecule has 3 rings (SSSR count). The van der Waals surface area contributed by atoms with Gasteiger partial charge in [0.15, 0.2) is 0 Å². The molecule has 0 aliphatic heterocycles. The molecule has 0 amide bonds. The van der Waals surface area contributed by atoms with Crippen molar-refractivity contribution >= 4 is 5.82 Å². The van der Waals surface area contributed by atoms with Crippen molar-refractivity contribution in [3.05, 3.63) is 83.6 Å². The van der Waals surface area contributed by atoms with E-state index in [0.29, 0.717) is 0 Å². The van der Waals surface area contributed by atoms with Crippen LogP contribution in [0.4, 0.5) is 5.82 Å². The van der Waals surface area contributed by atoms with E-state index < -0.39 is 0 Å². The Morgan fingerprint density at radius 2 is 1.38 bits per heavy atom. The molecule has 0 aliphatic carbocycles. The SMILES string of the molecule is CNC(C)c1cccnc1N(Cc1ccc(OC)cc1)Cc1ccc(OC)cc1. The Balaban J connectivity index is 1.94. The third kappa shape index (κ3) is 5.27. The van der Waals surface area contributed by atoms with Gasteiger partial charge in [0, 0.05) is 30.9 Å². The Morgan fingerprint density at radius 3 is 1.83 bits per heavy atom. The summed E-state index contributed by atoms with van der Waals surface area (Å²) >= 11 is 0. The second-order valence-corrected chi connectivity index (χ2v) is 6.98. The lowest BCUT2D eigenvalue weighted by atomic mass is 10.1. The summed E-state index contributed by atoms with van der Waals surface area (Å²) in [6.45, 7) is 3.65. The fraction of sp³-hybridized carbons (Fsp3) is 0.292. The number of pyridine rings is 1. The van der Waals surface area contributed by atoms with Crippen LogP contribution in [-0.4, -0.2) is 26.3 Å². The summed E-state index contributed by atoms with van der Waals surface area (Å²) in [6, 6.07) is 20.7. The Hall–Kier alpha value is -3.05. The first-order valence-electron chi connectivity index (χ1n) is 9.77.